The molecule has 0 bridgehead atoms. The molecule has 9 heteroatoms. The second-order valence-corrected chi connectivity index (χ2v) is 8.71. The van der Waals surface area contributed by atoms with Gasteiger partial charge in [0, 0.05) is 5.69 Å². The van der Waals surface area contributed by atoms with E-state index in [2.05, 4.69) is 22.8 Å². The molecule has 0 aliphatic rings. The van der Waals surface area contributed by atoms with Crippen molar-refractivity contribution in [1.82, 2.24) is 5.43 Å². The van der Waals surface area contributed by atoms with Crippen LogP contribution in [0, 0.1) is 0 Å². The van der Waals surface area contributed by atoms with Crippen molar-refractivity contribution in [3.05, 3.63) is 77.3 Å². The number of nitrogens with one attached hydrogen (secondary N) is 2. The molecule has 0 saturated heterocycles. The molecule has 202 valence electrons. The van der Waals surface area contributed by atoms with Gasteiger partial charge in [0.2, 0.25) is 0 Å². The Morgan fingerprint density at radius 2 is 1.58 bits per heavy atom. The van der Waals surface area contributed by atoms with Crippen molar-refractivity contribution < 1.29 is 23.7 Å². The van der Waals surface area contributed by atoms with Crippen molar-refractivity contribution in [2.45, 2.75) is 32.6 Å². The molecule has 0 atom stereocenters. The number of carbonyl (C=O) groups excluding carboxylic acids is 1. The summed E-state index contributed by atoms with van der Waals surface area (Å²) >= 11 is 6.42. The maximum atomic E-state index is 12.0. The number of para-hydroxylation sites is 1. The summed E-state index contributed by atoms with van der Waals surface area (Å²) in [6.45, 7) is 3.50. The summed E-state index contributed by atoms with van der Waals surface area (Å²) in [5.74, 6) is 2.39. The second-order valence-electron chi connectivity index (χ2n) is 8.30. The first kappa shape index (κ1) is 28.7. The van der Waals surface area contributed by atoms with Crippen LogP contribution in [0.15, 0.2) is 71.8 Å². The summed E-state index contributed by atoms with van der Waals surface area (Å²) in [5, 5.41) is 6.98. The molecule has 0 saturated carbocycles. The van der Waals surface area contributed by atoms with E-state index in [0.717, 1.165) is 24.5 Å². The molecule has 0 aromatic heterocycles. The number of halogens is 1. The molecular formula is C29H34ClN3O5. The lowest BCUT2D eigenvalue weighted by Gasteiger charge is -2.14. The van der Waals surface area contributed by atoms with Gasteiger partial charge in [-0.05, 0) is 60.5 Å². The van der Waals surface area contributed by atoms with Crippen LogP contribution in [0.1, 0.15) is 38.2 Å². The third-order valence-corrected chi connectivity index (χ3v) is 5.63. The molecule has 3 aromatic carbocycles. The van der Waals surface area contributed by atoms with Gasteiger partial charge < -0.3 is 24.3 Å². The highest BCUT2D eigenvalue weighted by atomic mass is 35.5. The Hall–Kier alpha value is -3.91. The van der Waals surface area contributed by atoms with Crippen LogP contribution in [0.4, 0.5) is 10.5 Å². The summed E-state index contributed by atoms with van der Waals surface area (Å²) in [4.78, 5) is 12.0. The zero-order chi connectivity index (χ0) is 27.0. The molecular weight excluding hydrogens is 506 g/mol. The number of rotatable bonds is 15. The lowest BCUT2D eigenvalue weighted by atomic mass is 10.2. The molecule has 3 aromatic rings. The van der Waals surface area contributed by atoms with Crippen LogP contribution >= 0.6 is 11.6 Å². The van der Waals surface area contributed by atoms with E-state index in [1.54, 1.807) is 24.3 Å². The number of urea groups is 1. The zero-order valence-corrected chi connectivity index (χ0v) is 22.5. The van der Waals surface area contributed by atoms with Gasteiger partial charge in [0.15, 0.2) is 11.5 Å². The van der Waals surface area contributed by atoms with Crippen molar-refractivity contribution in [3.8, 4) is 23.0 Å². The third kappa shape index (κ3) is 9.86. The smallest absolute Gasteiger partial charge is 0.339 e. The highest BCUT2D eigenvalue weighted by Gasteiger charge is 2.12. The van der Waals surface area contributed by atoms with Crippen molar-refractivity contribution in [2.24, 2.45) is 5.10 Å². The van der Waals surface area contributed by atoms with Crippen LogP contribution in [-0.4, -0.2) is 39.2 Å². The first-order chi connectivity index (χ1) is 18.6. The molecule has 3 rings (SSSR count). The van der Waals surface area contributed by atoms with Crippen LogP contribution in [0.3, 0.4) is 0 Å². The molecule has 38 heavy (non-hydrogen) atoms. The van der Waals surface area contributed by atoms with Gasteiger partial charge in [-0.15, -0.1) is 0 Å². The Morgan fingerprint density at radius 1 is 0.895 bits per heavy atom. The van der Waals surface area contributed by atoms with Crippen molar-refractivity contribution in [2.75, 3.05) is 32.2 Å². The quantitative estimate of drug-likeness (QED) is 0.124. The number of anilines is 1. The van der Waals surface area contributed by atoms with Gasteiger partial charge in [0.1, 0.15) is 24.7 Å². The molecule has 8 nitrogen and oxygen atoms in total. The molecule has 2 amide bonds. The standard InChI is InChI=1S/C29H34ClN3O5/c1-3-4-5-9-16-36-24-12-14-25(15-13-24)37-17-18-38-28-26(30)19-22(20-27(28)35-2)21-31-33-29(34)32-23-10-7-6-8-11-23/h6-8,10-15,19-21H,3-5,9,16-18H2,1-2H3,(H2,32,33,34)/b31-21-. The Kier molecular flexibility index (Phi) is 12.1. The SMILES string of the molecule is CCCCCCOc1ccc(OCCOc2c(Cl)cc(/C=N\NC(=O)Nc3ccccc3)cc2OC)cc1. The fourth-order valence-corrected chi connectivity index (χ4v) is 3.73. The number of ether oxygens (including phenoxy) is 4. The van der Waals surface area contributed by atoms with Gasteiger partial charge in [0.25, 0.3) is 0 Å². The molecule has 0 heterocycles. The van der Waals surface area contributed by atoms with E-state index in [0.29, 0.717) is 34.4 Å². The molecule has 0 unspecified atom stereocenters. The lowest BCUT2D eigenvalue weighted by molar-refractivity contribution is 0.211. The van der Waals surface area contributed by atoms with E-state index in [4.69, 9.17) is 30.5 Å². The lowest BCUT2D eigenvalue weighted by Crippen LogP contribution is -2.24. The van der Waals surface area contributed by atoms with E-state index < -0.39 is 6.03 Å². The Bertz CT molecular complexity index is 1160. The second kappa shape index (κ2) is 16.0. The molecule has 0 fully saturated rings. The van der Waals surface area contributed by atoms with Crippen molar-refractivity contribution in [3.63, 3.8) is 0 Å². The Labute approximate surface area is 228 Å². The summed E-state index contributed by atoms with van der Waals surface area (Å²) in [7, 11) is 1.52. The number of methoxy groups -OCH3 is 1. The van der Waals surface area contributed by atoms with E-state index in [9.17, 15) is 4.79 Å². The van der Waals surface area contributed by atoms with E-state index in [-0.39, 0.29) is 6.61 Å². The van der Waals surface area contributed by atoms with Gasteiger partial charge in [-0.1, -0.05) is 56.0 Å². The predicted octanol–water partition coefficient (Wildman–Crippen LogP) is 6.92. The fourth-order valence-electron chi connectivity index (χ4n) is 3.45. The van der Waals surface area contributed by atoms with Crippen molar-refractivity contribution in [1.29, 1.82) is 0 Å². The number of hydrogen-bond donors (Lipinski definition) is 2. The van der Waals surface area contributed by atoms with E-state index >= 15 is 0 Å². The maximum absolute atomic E-state index is 12.0. The van der Waals surface area contributed by atoms with E-state index in [1.807, 2.05) is 42.5 Å². The predicted molar refractivity (Wildman–Crippen MR) is 151 cm³/mol. The van der Waals surface area contributed by atoms with Gasteiger partial charge in [-0.25, -0.2) is 10.2 Å². The summed E-state index contributed by atoms with van der Waals surface area (Å²) in [6, 6.07) is 19.5. The molecule has 0 radical (unpaired) electrons. The number of benzene rings is 3. The summed E-state index contributed by atoms with van der Waals surface area (Å²) < 4.78 is 22.8. The fraction of sp³-hybridized carbons (Fsp3) is 0.310. The monoisotopic (exact) mass is 539 g/mol. The summed E-state index contributed by atoms with van der Waals surface area (Å²) in [6.07, 6.45) is 6.16. The van der Waals surface area contributed by atoms with Crippen LogP contribution in [-0.2, 0) is 0 Å². The average Bonchev–Trinajstić information content (AvgIpc) is 2.93. The Balaban J connectivity index is 1.44. The topological polar surface area (TPSA) is 90.4 Å². The minimum absolute atomic E-state index is 0.264. The van der Waals surface area contributed by atoms with Crippen LogP contribution in [0.25, 0.3) is 0 Å². The molecule has 0 spiro atoms. The largest absolute Gasteiger partial charge is 0.494 e. The number of hydrogen-bond acceptors (Lipinski definition) is 6. The van der Waals surface area contributed by atoms with Crippen LogP contribution in [0.2, 0.25) is 5.02 Å². The van der Waals surface area contributed by atoms with Gasteiger partial charge in [0.05, 0.1) is 25.0 Å². The Morgan fingerprint density at radius 3 is 2.26 bits per heavy atom. The normalized spacial score (nSPS) is 10.7. The highest BCUT2D eigenvalue weighted by Crippen LogP contribution is 2.36. The molecule has 0 aliphatic carbocycles. The summed E-state index contributed by atoms with van der Waals surface area (Å²) in [5.41, 5.74) is 3.70. The highest BCUT2D eigenvalue weighted by molar-refractivity contribution is 6.32. The molecule has 0 aliphatic heterocycles. The first-order valence-electron chi connectivity index (χ1n) is 12.6. The molecule has 2 N–H and O–H groups in total. The average molecular weight is 540 g/mol. The van der Waals surface area contributed by atoms with E-state index in [1.165, 1.54) is 32.6 Å². The minimum atomic E-state index is -0.463. The number of amides is 2. The van der Waals surface area contributed by atoms with Gasteiger partial charge in [-0.3, -0.25) is 0 Å². The zero-order valence-electron chi connectivity index (χ0n) is 21.7. The maximum Gasteiger partial charge on any atom is 0.339 e. The minimum Gasteiger partial charge on any atom is -0.494 e. The van der Waals surface area contributed by atoms with Gasteiger partial charge in [-0.2, -0.15) is 5.10 Å². The number of nitrogens with zero attached hydrogens (tertiary/aromatic N) is 1. The first-order valence-corrected chi connectivity index (χ1v) is 13.0. The van der Waals surface area contributed by atoms with Gasteiger partial charge >= 0.3 is 6.03 Å². The number of unbranched alkanes of at least 4 members (excludes halogenated alkanes) is 3. The number of hydrazone groups is 1. The van der Waals surface area contributed by atoms with Crippen molar-refractivity contribution >= 4 is 29.5 Å². The number of carbonyl (C=O) groups is 1. The van der Waals surface area contributed by atoms with Crippen LogP contribution < -0.4 is 29.7 Å². The third-order valence-electron chi connectivity index (χ3n) is 5.35. The van der Waals surface area contributed by atoms with Crippen LogP contribution in [0.5, 0.6) is 23.0 Å².